The van der Waals surface area contributed by atoms with Crippen LogP contribution in [-0.2, 0) is 60.8 Å². The van der Waals surface area contributed by atoms with E-state index in [0.717, 1.165) is 16.8 Å². The number of thioether (sulfide) groups is 1. The molecule has 0 radical (unpaired) electrons. The molecule has 0 saturated carbocycles. The van der Waals surface area contributed by atoms with Gasteiger partial charge in [0.1, 0.15) is 24.7 Å². The first-order valence-corrected chi connectivity index (χ1v) is 25.5. The molecule has 0 aliphatic heterocycles. The number of benzene rings is 2. The van der Waals surface area contributed by atoms with Crippen molar-refractivity contribution in [1.29, 1.82) is 0 Å². The lowest BCUT2D eigenvalue weighted by atomic mass is 10.0. The lowest BCUT2D eigenvalue weighted by Crippen LogP contribution is -2.56. The Labute approximate surface area is 441 Å². The molecular weight excluding hydrogens is 989 g/mol. The Morgan fingerprint density at radius 1 is 0.667 bits per heavy atom. The molecule has 2 heterocycles. The van der Waals surface area contributed by atoms with Gasteiger partial charge in [-0.2, -0.15) is 0 Å². The van der Waals surface area contributed by atoms with Gasteiger partial charge < -0.3 is 69.3 Å². The fraction of sp³-hybridized carbons (Fsp3) is 0.460. The molecule has 0 bridgehead atoms. The number of amides is 10. The standard InChI is InChI=1S/C36H51N13O9S.C7H8.C4H10.C3H7NO/c1-20(2)33(36(58)43-14-30(53)47-26(9-22-12-39-18-45-22)35(57)44-16-32(55)49(19-59-3)17-27(38)50)48-31(54)15-42-34(56)25(46-29(52)13-41-28(51)10-37)8-21-11-40-24-7-5-4-6-23(21)24;1-7-5-3-2-4-6-7;1-4(2)3;1-2-3(4)5/h4-7,11-12,18,20,25-26,33,40H,8-10,13-17,19,37H2,1-3H3,(H2,38,50)(H,39,45)(H,41,51)(H,42,56)(H,43,58)(H,44,57)(H,46,52)(H,47,53)(H,48,54);2-6H,1H3;4H,1-3H3;2H2,1H3,(H2,4,5)/t25-,26-,33?;;;/m0.../s1. The topological polar surface area (TPSA) is 381 Å². The summed E-state index contributed by atoms with van der Waals surface area (Å²) in [6.45, 7) is 10.8. The molecule has 412 valence electrons. The molecular formula is C50H76N14O10S. The van der Waals surface area contributed by atoms with Crippen molar-refractivity contribution >= 4 is 81.7 Å². The van der Waals surface area contributed by atoms with Crippen molar-refractivity contribution in [3.05, 3.63) is 90.1 Å². The molecule has 3 atom stereocenters. The van der Waals surface area contributed by atoms with Crippen molar-refractivity contribution in [3.63, 3.8) is 0 Å². The molecule has 0 spiro atoms. The molecule has 24 nitrogen and oxygen atoms in total. The molecule has 0 aliphatic carbocycles. The van der Waals surface area contributed by atoms with Gasteiger partial charge in [-0.05, 0) is 36.6 Å². The number of nitrogens with one attached hydrogen (secondary N) is 9. The highest BCUT2D eigenvalue weighted by molar-refractivity contribution is 7.98. The number of fused-ring (bicyclic) bond motifs is 1. The van der Waals surface area contributed by atoms with Gasteiger partial charge in [-0.3, -0.25) is 47.9 Å². The molecule has 2 aromatic carbocycles. The second kappa shape index (κ2) is 36.2. The maximum atomic E-state index is 13.4. The van der Waals surface area contributed by atoms with Crippen LogP contribution in [0.25, 0.3) is 10.9 Å². The fourth-order valence-electron chi connectivity index (χ4n) is 6.11. The number of hydrogen-bond acceptors (Lipinski definition) is 13. The number of primary amides is 2. The summed E-state index contributed by atoms with van der Waals surface area (Å²) in [5, 5.41) is 18.1. The van der Waals surface area contributed by atoms with Crippen LogP contribution in [0.2, 0.25) is 0 Å². The molecule has 15 N–H and O–H groups in total. The lowest BCUT2D eigenvalue weighted by Gasteiger charge is -2.23. The molecule has 75 heavy (non-hydrogen) atoms. The van der Waals surface area contributed by atoms with Crippen molar-refractivity contribution in [2.75, 3.05) is 51.4 Å². The number of para-hydroxylation sites is 1. The quantitative estimate of drug-likeness (QED) is 0.0369. The van der Waals surface area contributed by atoms with Gasteiger partial charge >= 0.3 is 0 Å². The minimum absolute atomic E-state index is 0.0312. The molecule has 0 aliphatic rings. The van der Waals surface area contributed by atoms with E-state index in [1.54, 1.807) is 33.2 Å². The van der Waals surface area contributed by atoms with Crippen LogP contribution in [0.5, 0.6) is 0 Å². The van der Waals surface area contributed by atoms with Gasteiger partial charge in [0, 0.05) is 48.3 Å². The zero-order valence-corrected chi connectivity index (χ0v) is 44.8. The van der Waals surface area contributed by atoms with Gasteiger partial charge in [0.2, 0.25) is 59.1 Å². The van der Waals surface area contributed by atoms with Gasteiger partial charge in [0.05, 0.1) is 44.9 Å². The number of aryl methyl sites for hydroxylation is 1. The Kier molecular flexibility index (Phi) is 31.5. The Morgan fingerprint density at radius 3 is 1.68 bits per heavy atom. The lowest BCUT2D eigenvalue weighted by molar-refractivity contribution is -0.135. The van der Waals surface area contributed by atoms with Gasteiger partial charge in [-0.15, -0.1) is 11.8 Å². The molecule has 0 saturated heterocycles. The highest BCUT2D eigenvalue weighted by Gasteiger charge is 2.28. The number of imidazole rings is 1. The number of hydrogen-bond donors (Lipinski definition) is 12. The smallest absolute Gasteiger partial charge is 0.243 e. The first kappa shape index (κ1) is 65.2. The molecule has 25 heteroatoms. The molecule has 0 fully saturated rings. The Hall–Kier alpha value is -7.80. The Morgan fingerprint density at radius 2 is 1.19 bits per heavy atom. The number of nitrogens with zero attached hydrogens (tertiary/aromatic N) is 2. The maximum Gasteiger partial charge on any atom is 0.243 e. The third kappa shape index (κ3) is 28.3. The van der Waals surface area contributed by atoms with Crippen molar-refractivity contribution in [2.45, 2.75) is 85.9 Å². The minimum atomic E-state index is -1.21. The van der Waals surface area contributed by atoms with Gasteiger partial charge in [-0.25, -0.2) is 4.98 Å². The average Bonchev–Trinajstić information content (AvgIpc) is 4.04. The SMILES string of the molecule is CC(C)C.CCC(N)=O.CSCN(CC(N)=O)C(=O)CNC(=O)[C@H](Cc1cnc[nH]1)NC(=O)CNC(=O)C(NC(=O)CNC(=O)[C@H](Cc1c[nH]c2ccccc12)NC(=O)CNC(=O)CN)C(C)C.Cc1ccccc1. The van der Waals surface area contributed by atoms with Gasteiger partial charge in [-0.1, -0.05) is 95.6 Å². The first-order chi connectivity index (χ1) is 35.5. The van der Waals surface area contributed by atoms with Crippen molar-refractivity contribution < 1.29 is 47.9 Å². The second-order valence-corrected chi connectivity index (χ2v) is 18.5. The summed E-state index contributed by atoms with van der Waals surface area (Å²) < 4.78 is 0. The summed E-state index contributed by atoms with van der Waals surface area (Å²) in [5.41, 5.74) is 18.5. The normalized spacial score (nSPS) is 11.5. The van der Waals surface area contributed by atoms with E-state index in [0.29, 0.717) is 17.7 Å². The van der Waals surface area contributed by atoms with E-state index in [1.165, 1.54) is 34.7 Å². The summed E-state index contributed by atoms with van der Waals surface area (Å²) in [6, 6.07) is 14.1. The molecule has 4 aromatic rings. The number of carbonyl (C=O) groups excluding carboxylic acids is 10. The van der Waals surface area contributed by atoms with Crippen LogP contribution >= 0.6 is 11.8 Å². The minimum Gasteiger partial charge on any atom is -0.370 e. The van der Waals surface area contributed by atoms with Crippen molar-refractivity contribution in [3.8, 4) is 0 Å². The number of nitrogens with two attached hydrogens (primary N) is 3. The molecule has 4 rings (SSSR count). The van der Waals surface area contributed by atoms with E-state index in [1.807, 2.05) is 42.5 Å². The number of aromatic amines is 2. The zero-order chi connectivity index (χ0) is 56.5. The summed E-state index contributed by atoms with van der Waals surface area (Å²) >= 11 is 1.27. The second-order valence-electron chi connectivity index (χ2n) is 17.7. The molecule has 1 unspecified atom stereocenters. The first-order valence-electron chi connectivity index (χ1n) is 24.1. The Balaban J connectivity index is 0.00000151. The molecule has 2 aromatic heterocycles. The van der Waals surface area contributed by atoms with Crippen LogP contribution in [0.1, 0.15) is 64.8 Å². The van der Waals surface area contributed by atoms with Crippen LogP contribution in [0, 0.1) is 18.8 Å². The third-order valence-electron chi connectivity index (χ3n) is 9.81. The van der Waals surface area contributed by atoms with E-state index in [2.05, 4.69) is 97.7 Å². The summed E-state index contributed by atoms with van der Waals surface area (Å²) in [6.07, 6.45) is 6.65. The average molecular weight is 1070 g/mol. The number of carbonyl (C=O) groups is 10. The zero-order valence-electron chi connectivity index (χ0n) is 44.0. The van der Waals surface area contributed by atoms with E-state index in [-0.39, 0.29) is 37.7 Å². The van der Waals surface area contributed by atoms with Crippen LogP contribution in [0.4, 0.5) is 0 Å². The predicted octanol–water partition coefficient (Wildman–Crippen LogP) is -0.616. The van der Waals surface area contributed by atoms with Gasteiger partial charge in [0.15, 0.2) is 0 Å². The number of H-pyrrole nitrogens is 2. The largest absolute Gasteiger partial charge is 0.370 e. The summed E-state index contributed by atoms with van der Waals surface area (Å²) in [4.78, 5) is 135. The van der Waals surface area contributed by atoms with Crippen LogP contribution in [-0.4, -0.2) is 148 Å². The maximum absolute atomic E-state index is 13.4. The predicted molar refractivity (Wildman–Crippen MR) is 286 cm³/mol. The summed E-state index contributed by atoms with van der Waals surface area (Å²) in [7, 11) is 0. The summed E-state index contributed by atoms with van der Waals surface area (Å²) in [5.74, 6) is -5.98. The van der Waals surface area contributed by atoms with E-state index >= 15 is 0 Å². The van der Waals surface area contributed by atoms with Crippen molar-refractivity contribution in [2.24, 2.45) is 29.0 Å². The van der Waals surface area contributed by atoms with E-state index in [9.17, 15) is 47.9 Å². The van der Waals surface area contributed by atoms with Gasteiger partial charge in [0.25, 0.3) is 0 Å². The highest BCUT2D eigenvalue weighted by Crippen LogP contribution is 2.19. The van der Waals surface area contributed by atoms with Crippen molar-refractivity contribution in [1.82, 2.24) is 57.1 Å². The van der Waals surface area contributed by atoms with Crippen LogP contribution in [0.15, 0.2) is 73.3 Å². The van der Waals surface area contributed by atoms with Crippen LogP contribution in [0.3, 0.4) is 0 Å². The monoisotopic (exact) mass is 1060 g/mol. The fourth-order valence-corrected chi connectivity index (χ4v) is 6.65. The van der Waals surface area contributed by atoms with E-state index in [4.69, 9.17) is 11.5 Å². The number of aromatic nitrogens is 3. The Bertz CT molecular complexity index is 2430. The third-order valence-corrected chi connectivity index (χ3v) is 10.4. The van der Waals surface area contributed by atoms with E-state index < -0.39 is 103 Å². The molecule has 10 amide bonds. The number of rotatable bonds is 25. The van der Waals surface area contributed by atoms with Crippen LogP contribution < -0.4 is 54.4 Å². The highest BCUT2D eigenvalue weighted by atomic mass is 32.2.